The molecule has 0 saturated carbocycles. The molecule has 0 fully saturated rings. The molecule has 0 aliphatic heterocycles. The van der Waals surface area contributed by atoms with Crippen LogP contribution in [-0.4, -0.2) is 26.3 Å². The maximum Gasteiger partial charge on any atom is 0.179 e. The van der Waals surface area contributed by atoms with E-state index in [0.29, 0.717) is 5.56 Å². The van der Waals surface area contributed by atoms with Crippen LogP contribution in [0.5, 0.6) is 0 Å². The fourth-order valence-electron chi connectivity index (χ4n) is 19.0. The van der Waals surface area contributed by atoms with Gasteiger partial charge in [-0.3, -0.25) is 0 Å². The van der Waals surface area contributed by atoms with Gasteiger partial charge >= 0.3 is 0 Å². The molecule has 4 aromatic heterocycles. The molecule has 23 aromatic rings. The van der Waals surface area contributed by atoms with Gasteiger partial charge in [0.15, 0.2) is 8.07 Å². The van der Waals surface area contributed by atoms with E-state index in [4.69, 9.17) is 0 Å². The van der Waals surface area contributed by atoms with E-state index < -0.39 is 8.07 Å². The lowest BCUT2D eigenvalue weighted by Crippen LogP contribution is -2.74. The van der Waals surface area contributed by atoms with Crippen molar-refractivity contribution in [2.45, 2.75) is 0 Å². The van der Waals surface area contributed by atoms with E-state index in [1.807, 2.05) is 24.3 Å². The molecule has 566 valence electrons. The van der Waals surface area contributed by atoms with Crippen LogP contribution in [0.1, 0.15) is 5.56 Å². The fraction of sp³-hybridized carbons (Fsp3) is 0. The SMILES string of the molecule is N#Cc1ccc(-n2c3ccccc3c3cc(-c4ccc5c(c4)c4ccc(-c6cccc(-c7ccccc7)c6)cc4n5-c4ccccc4)ccc32)cc1.c1ccc(-c2cccc(-c3ccc4c5cc(-c6ccc7c(c6)c6ccccc6n7-c6ccc([Si](c7ccccc7)(c7ccccc7)c7ccccc7)cc6)ccc5n(-c5ccccc5)c4c3)c2)cc1. The van der Waals surface area contributed by atoms with Gasteiger partial charge in [0.25, 0.3) is 0 Å². The van der Waals surface area contributed by atoms with Crippen LogP contribution in [0.15, 0.2) is 467 Å². The third-order valence-corrected chi connectivity index (χ3v) is 29.4. The second-order valence-electron chi connectivity index (χ2n) is 31.4. The van der Waals surface area contributed by atoms with E-state index in [9.17, 15) is 5.26 Å². The Morgan fingerprint density at radius 2 is 0.397 bits per heavy atom. The number of hydrogen-bond acceptors (Lipinski definition) is 1. The lowest BCUT2D eigenvalue weighted by atomic mass is 9.97. The van der Waals surface area contributed by atoms with Crippen molar-refractivity contribution >= 4 is 116 Å². The molecule has 121 heavy (non-hydrogen) atoms. The van der Waals surface area contributed by atoms with E-state index in [2.05, 4.69) is 467 Å². The molecule has 0 unspecified atom stereocenters. The average Bonchev–Trinajstić information content (AvgIpc) is 1.62. The highest BCUT2D eigenvalue weighted by molar-refractivity contribution is 7.19. The molecule has 0 saturated heterocycles. The van der Waals surface area contributed by atoms with Crippen molar-refractivity contribution in [2.75, 3.05) is 0 Å². The number of nitrogens with zero attached hydrogens (tertiary/aromatic N) is 5. The first-order chi connectivity index (χ1) is 59.9. The van der Waals surface area contributed by atoms with Crippen LogP contribution in [0.2, 0.25) is 0 Å². The lowest BCUT2D eigenvalue weighted by Gasteiger charge is -2.34. The molecule has 4 heterocycles. The summed E-state index contributed by atoms with van der Waals surface area (Å²) in [5, 5.41) is 24.6. The van der Waals surface area contributed by atoms with Gasteiger partial charge in [0.2, 0.25) is 0 Å². The normalized spacial score (nSPS) is 11.6. The molecule has 0 aliphatic carbocycles. The van der Waals surface area contributed by atoms with Gasteiger partial charge in [0.05, 0.1) is 55.8 Å². The van der Waals surface area contributed by atoms with Crippen LogP contribution in [0, 0.1) is 11.3 Å². The number of rotatable bonds is 14. The quantitative estimate of drug-likeness (QED) is 0.0790. The molecule has 0 spiro atoms. The van der Waals surface area contributed by atoms with Gasteiger partial charge in [0.1, 0.15) is 0 Å². The minimum Gasteiger partial charge on any atom is -0.309 e. The number of hydrogen-bond donors (Lipinski definition) is 0. The zero-order valence-electron chi connectivity index (χ0n) is 66.2. The van der Waals surface area contributed by atoms with Crippen molar-refractivity contribution in [3.8, 4) is 95.6 Å². The van der Waals surface area contributed by atoms with Crippen LogP contribution in [0.4, 0.5) is 0 Å². The molecule has 0 amide bonds. The first-order valence-electron chi connectivity index (χ1n) is 41.4. The topological polar surface area (TPSA) is 43.5 Å². The van der Waals surface area contributed by atoms with Gasteiger partial charge in [-0.25, -0.2) is 0 Å². The summed E-state index contributed by atoms with van der Waals surface area (Å²) >= 11 is 0. The average molecular weight is 1560 g/mol. The Labute approximate surface area is 703 Å². The summed E-state index contributed by atoms with van der Waals surface area (Å²) in [6.45, 7) is 0. The molecule has 5 nitrogen and oxygen atoms in total. The summed E-state index contributed by atoms with van der Waals surface area (Å²) in [7, 11) is -2.66. The summed E-state index contributed by atoms with van der Waals surface area (Å²) in [5.41, 5.74) is 28.9. The van der Waals surface area contributed by atoms with Gasteiger partial charge in [-0.05, 0) is 233 Å². The zero-order valence-corrected chi connectivity index (χ0v) is 67.2. The van der Waals surface area contributed by atoms with E-state index in [-0.39, 0.29) is 0 Å². The second-order valence-corrected chi connectivity index (χ2v) is 35.2. The number of benzene rings is 19. The molecule has 0 N–H and O–H groups in total. The molecule has 19 aromatic carbocycles. The van der Waals surface area contributed by atoms with E-state index in [1.165, 1.54) is 164 Å². The number of para-hydroxylation sites is 4. The Morgan fingerprint density at radius 3 is 0.752 bits per heavy atom. The summed E-state index contributed by atoms with van der Waals surface area (Å²) in [6.07, 6.45) is 0. The van der Waals surface area contributed by atoms with Crippen molar-refractivity contribution < 1.29 is 0 Å². The highest BCUT2D eigenvalue weighted by atomic mass is 28.3. The Bertz CT molecular complexity index is 7800. The number of fused-ring (bicyclic) bond motifs is 12. The lowest BCUT2D eigenvalue weighted by molar-refractivity contribution is 1.18. The van der Waals surface area contributed by atoms with E-state index in [0.717, 1.165) is 33.8 Å². The smallest absolute Gasteiger partial charge is 0.179 e. The largest absolute Gasteiger partial charge is 0.309 e. The molecule has 0 radical (unpaired) electrons. The minimum atomic E-state index is -2.66. The molecular formula is C115H77N5Si. The van der Waals surface area contributed by atoms with Gasteiger partial charge in [0, 0.05) is 65.8 Å². The second kappa shape index (κ2) is 30.3. The third kappa shape index (κ3) is 12.5. The Balaban J connectivity index is 0.000000151. The van der Waals surface area contributed by atoms with Crippen LogP contribution in [-0.2, 0) is 0 Å². The molecule has 23 rings (SSSR count). The number of aromatic nitrogens is 4. The highest BCUT2D eigenvalue weighted by Crippen LogP contribution is 2.44. The standard InChI is InChI=1S/C66H46N2Si.C49H31N3/c1-6-19-47(20-7-1)48-21-18-22-49(43-48)52-33-40-60-62-45-51(35-42-65(62)68(66(60)46-52)53-23-8-2-9-24-53)50-34-41-64-61(44-50)59-31-16-17-32-63(59)67(64)54-36-38-58(39-37-54)69(55-25-10-3-11-26-55,56-27-12-4-13-28-56)57-29-14-5-15-30-57;50-32-33-18-23-41(24-19-33)51-46-17-8-7-16-42(46)44-29-37(21-26-47(44)51)38-22-27-48-45(30-38)43-25-20-39(31-49(43)52(48)40-14-5-2-6-15-40)36-13-9-12-35(28-36)34-10-3-1-4-11-34/h1-46H;1-31H. The molecule has 0 aliphatic rings. The van der Waals surface area contributed by atoms with Crippen molar-refractivity contribution in [1.82, 2.24) is 18.3 Å². The van der Waals surface area contributed by atoms with E-state index in [1.54, 1.807) is 0 Å². The predicted octanol–water partition coefficient (Wildman–Crippen LogP) is 27.0. The third-order valence-electron chi connectivity index (χ3n) is 24.6. The molecule has 6 heteroatoms. The van der Waals surface area contributed by atoms with Crippen molar-refractivity contribution in [2.24, 2.45) is 0 Å². The van der Waals surface area contributed by atoms with Crippen molar-refractivity contribution in [1.29, 1.82) is 5.26 Å². The maximum atomic E-state index is 9.37. The maximum absolute atomic E-state index is 9.37. The Hall–Kier alpha value is -15.9. The monoisotopic (exact) mass is 1560 g/mol. The summed E-state index contributed by atoms with van der Waals surface area (Å²) < 4.78 is 9.55. The fourth-order valence-corrected chi connectivity index (χ4v) is 23.7. The van der Waals surface area contributed by atoms with Gasteiger partial charge < -0.3 is 18.3 Å². The molecule has 0 atom stereocenters. The molecule has 0 bridgehead atoms. The summed E-state index contributed by atoms with van der Waals surface area (Å²) in [4.78, 5) is 0. The first-order valence-corrected chi connectivity index (χ1v) is 43.4. The highest BCUT2D eigenvalue weighted by Gasteiger charge is 2.41. The number of nitriles is 1. The van der Waals surface area contributed by atoms with Crippen LogP contribution >= 0.6 is 0 Å². The minimum absolute atomic E-state index is 0.657. The zero-order chi connectivity index (χ0) is 80.3. The predicted molar refractivity (Wildman–Crippen MR) is 511 cm³/mol. The van der Waals surface area contributed by atoms with Crippen molar-refractivity contribution in [3.63, 3.8) is 0 Å². The van der Waals surface area contributed by atoms with Gasteiger partial charge in [-0.15, -0.1) is 0 Å². The van der Waals surface area contributed by atoms with Crippen molar-refractivity contribution in [3.05, 3.63) is 473 Å². The van der Waals surface area contributed by atoms with Crippen LogP contribution in [0.25, 0.3) is 177 Å². The van der Waals surface area contributed by atoms with Gasteiger partial charge in [-0.2, -0.15) is 5.26 Å². The van der Waals surface area contributed by atoms with E-state index >= 15 is 0 Å². The summed E-state index contributed by atoms with van der Waals surface area (Å²) in [6, 6.07) is 172. The van der Waals surface area contributed by atoms with Crippen LogP contribution < -0.4 is 20.7 Å². The van der Waals surface area contributed by atoms with Gasteiger partial charge in [-0.1, -0.05) is 322 Å². The molecular weight excluding hydrogens is 1480 g/mol. The van der Waals surface area contributed by atoms with Crippen LogP contribution in [0.3, 0.4) is 0 Å². The Morgan fingerprint density at radius 1 is 0.157 bits per heavy atom. The summed E-state index contributed by atoms with van der Waals surface area (Å²) in [5.74, 6) is 0. The first kappa shape index (κ1) is 71.6. The Kier molecular flexibility index (Phi) is 17.9.